The molecule has 1 aliphatic heterocycles. The van der Waals surface area contributed by atoms with Crippen LogP contribution < -0.4 is 10.2 Å². The Bertz CT molecular complexity index is 473. The molecular weight excluding hydrogens is 231 g/mol. The zero-order chi connectivity index (χ0) is 13.3. The predicted molar refractivity (Wildman–Crippen MR) is 70.5 cm³/mol. The quantitative estimate of drug-likeness (QED) is 0.887. The Morgan fingerprint density at radius 1 is 1.50 bits per heavy atom. The van der Waals surface area contributed by atoms with Gasteiger partial charge in [-0.2, -0.15) is 0 Å². The van der Waals surface area contributed by atoms with Gasteiger partial charge in [-0.25, -0.2) is 4.39 Å². The molecule has 0 saturated heterocycles. The fourth-order valence-corrected chi connectivity index (χ4v) is 2.51. The van der Waals surface area contributed by atoms with Gasteiger partial charge < -0.3 is 10.2 Å². The number of hydrogen-bond acceptors (Lipinski definition) is 2. The number of hydrogen-bond donors (Lipinski definition) is 1. The van der Waals surface area contributed by atoms with Crippen molar-refractivity contribution in [3.8, 4) is 0 Å². The number of carbonyl (C=O) groups excluding carboxylic acids is 1. The van der Waals surface area contributed by atoms with E-state index in [4.69, 9.17) is 0 Å². The Morgan fingerprint density at radius 2 is 2.22 bits per heavy atom. The van der Waals surface area contributed by atoms with Gasteiger partial charge in [0.1, 0.15) is 5.82 Å². The first-order valence-electron chi connectivity index (χ1n) is 6.34. The van der Waals surface area contributed by atoms with E-state index in [0.29, 0.717) is 18.5 Å². The molecule has 0 aliphatic carbocycles. The van der Waals surface area contributed by atoms with Gasteiger partial charge in [-0.3, -0.25) is 4.79 Å². The molecule has 98 valence electrons. The zero-order valence-electron chi connectivity index (χ0n) is 11.1. The third-order valence-corrected chi connectivity index (χ3v) is 3.49. The molecule has 0 saturated carbocycles. The minimum absolute atomic E-state index is 0.0347. The third kappa shape index (κ3) is 2.12. The van der Waals surface area contributed by atoms with Gasteiger partial charge in [-0.05, 0) is 24.1 Å². The molecule has 0 fully saturated rings. The number of carbonyl (C=O) groups is 1. The Hall–Kier alpha value is -1.42. The van der Waals surface area contributed by atoms with Crippen LogP contribution in [0.25, 0.3) is 0 Å². The third-order valence-electron chi connectivity index (χ3n) is 3.49. The summed E-state index contributed by atoms with van der Waals surface area (Å²) in [4.78, 5) is 13.3. The minimum Gasteiger partial charge on any atom is -0.316 e. The van der Waals surface area contributed by atoms with Crippen LogP contribution in [-0.4, -0.2) is 26.0 Å². The smallest absolute Gasteiger partial charge is 0.231 e. The fourth-order valence-electron chi connectivity index (χ4n) is 2.51. The average Bonchev–Trinajstić information content (AvgIpc) is 2.63. The fraction of sp³-hybridized carbons (Fsp3) is 0.500. The van der Waals surface area contributed by atoms with Crippen molar-refractivity contribution < 1.29 is 9.18 Å². The SMILES string of the molecule is CCNCC(C)c1c(F)ccc2c1N(C)C(=O)C2. The van der Waals surface area contributed by atoms with Gasteiger partial charge in [0.25, 0.3) is 0 Å². The van der Waals surface area contributed by atoms with Gasteiger partial charge in [0.15, 0.2) is 0 Å². The van der Waals surface area contributed by atoms with Crippen molar-refractivity contribution in [2.45, 2.75) is 26.2 Å². The van der Waals surface area contributed by atoms with Gasteiger partial charge in [0.05, 0.1) is 12.1 Å². The lowest BCUT2D eigenvalue weighted by Crippen LogP contribution is -2.25. The first-order valence-corrected chi connectivity index (χ1v) is 6.34. The second kappa shape index (κ2) is 5.06. The Kier molecular flexibility index (Phi) is 3.66. The molecule has 1 atom stereocenters. The highest BCUT2D eigenvalue weighted by molar-refractivity contribution is 6.02. The summed E-state index contributed by atoms with van der Waals surface area (Å²) in [5.41, 5.74) is 2.36. The summed E-state index contributed by atoms with van der Waals surface area (Å²) in [5.74, 6) is -0.138. The van der Waals surface area contributed by atoms with Crippen LogP contribution in [0.1, 0.15) is 30.9 Å². The summed E-state index contributed by atoms with van der Waals surface area (Å²) in [7, 11) is 1.72. The molecular formula is C14H19FN2O. The number of nitrogens with zero attached hydrogens (tertiary/aromatic N) is 1. The zero-order valence-corrected chi connectivity index (χ0v) is 11.1. The van der Waals surface area contributed by atoms with Crippen molar-refractivity contribution in [2.75, 3.05) is 25.0 Å². The average molecular weight is 250 g/mol. The summed E-state index contributed by atoms with van der Waals surface area (Å²) in [6, 6.07) is 3.19. The Balaban J connectivity index is 2.41. The highest BCUT2D eigenvalue weighted by atomic mass is 19.1. The van der Waals surface area contributed by atoms with Crippen LogP contribution >= 0.6 is 0 Å². The van der Waals surface area contributed by atoms with E-state index in [9.17, 15) is 9.18 Å². The second-order valence-electron chi connectivity index (χ2n) is 4.81. The molecule has 0 bridgehead atoms. The maximum Gasteiger partial charge on any atom is 0.231 e. The lowest BCUT2D eigenvalue weighted by atomic mass is 9.95. The van der Waals surface area contributed by atoms with Crippen LogP contribution in [0.4, 0.5) is 10.1 Å². The number of anilines is 1. The van der Waals surface area contributed by atoms with E-state index in [2.05, 4.69) is 5.32 Å². The second-order valence-corrected chi connectivity index (χ2v) is 4.81. The number of benzene rings is 1. The highest BCUT2D eigenvalue weighted by Crippen LogP contribution is 2.37. The Morgan fingerprint density at radius 3 is 2.89 bits per heavy atom. The molecule has 4 heteroatoms. The van der Waals surface area contributed by atoms with E-state index < -0.39 is 0 Å². The van der Waals surface area contributed by atoms with Crippen LogP contribution in [0.3, 0.4) is 0 Å². The van der Waals surface area contributed by atoms with E-state index in [1.165, 1.54) is 6.07 Å². The maximum atomic E-state index is 14.1. The van der Waals surface area contributed by atoms with Gasteiger partial charge in [-0.15, -0.1) is 0 Å². The first kappa shape index (κ1) is 13.0. The largest absolute Gasteiger partial charge is 0.316 e. The van der Waals surface area contributed by atoms with E-state index in [0.717, 1.165) is 17.8 Å². The molecule has 0 spiro atoms. The van der Waals surface area contributed by atoms with Crippen LogP contribution in [-0.2, 0) is 11.2 Å². The topological polar surface area (TPSA) is 32.3 Å². The molecule has 1 heterocycles. The summed E-state index contributed by atoms with van der Waals surface area (Å²) in [6.07, 6.45) is 0.382. The summed E-state index contributed by atoms with van der Waals surface area (Å²) in [5, 5.41) is 3.22. The molecule has 3 nitrogen and oxygen atoms in total. The van der Waals surface area contributed by atoms with Crippen LogP contribution in [0.15, 0.2) is 12.1 Å². The normalized spacial score (nSPS) is 16.0. The standard InChI is InChI=1S/C14H19FN2O/c1-4-16-8-9(2)13-11(15)6-5-10-7-12(18)17(3)14(10)13/h5-6,9,16H,4,7-8H2,1-3H3. The van der Waals surface area contributed by atoms with Crippen molar-refractivity contribution >= 4 is 11.6 Å². The van der Waals surface area contributed by atoms with Crippen molar-refractivity contribution in [3.63, 3.8) is 0 Å². The first-order chi connectivity index (χ1) is 8.56. The van der Waals surface area contributed by atoms with Crippen LogP contribution in [0.5, 0.6) is 0 Å². The molecule has 18 heavy (non-hydrogen) atoms. The maximum absolute atomic E-state index is 14.1. The molecule has 1 aliphatic rings. The number of amides is 1. The molecule has 1 unspecified atom stereocenters. The van der Waals surface area contributed by atoms with E-state index in [1.54, 1.807) is 18.0 Å². The number of fused-ring (bicyclic) bond motifs is 1. The van der Waals surface area contributed by atoms with Crippen molar-refractivity contribution in [1.82, 2.24) is 5.32 Å². The minimum atomic E-state index is -0.222. The molecule has 2 rings (SSSR count). The summed E-state index contributed by atoms with van der Waals surface area (Å²) < 4.78 is 14.1. The molecule has 0 radical (unpaired) electrons. The van der Waals surface area contributed by atoms with E-state index >= 15 is 0 Å². The Labute approximate surface area is 107 Å². The van der Waals surface area contributed by atoms with Crippen LogP contribution in [0.2, 0.25) is 0 Å². The van der Waals surface area contributed by atoms with Crippen molar-refractivity contribution in [2.24, 2.45) is 0 Å². The highest BCUT2D eigenvalue weighted by Gasteiger charge is 2.30. The monoisotopic (exact) mass is 250 g/mol. The van der Waals surface area contributed by atoms with Gasteiger partial charge >= 0.3 is 0 Å². The van der Waals surface area contributed by atoms with Gasteiger partial charge in [-0.1, -0.05) is 19.9 Å². The molecule has 1 N–H and O–H groups in total. The number of nitrogens with one attached hydrogen (secondary N) is 1. The van der Waals surface area contributed by atoms with Crippen molar-refractivity contribution in [1.29, 1.82) is 0 Å². The lowest BCUT2D eigenvalue weighted by Gasteiger charge is -2.21. The van der Waals surface area contributed by atoms with E-state index in [1.807, 2.05) is 13.8 Å². The van der Waals surface area contributed by atoms with Gasteiger partial charge in [0, 0.05) is 19.2 Å². The van der Waals surface area contributed by atoms with E-state index in [-0.39, 0.29) is 17.6 Å². The molecule has 1 aromatic carbocycles. The van der Waals surface area contributed by atoms with Crippen LogP contribution in [0, 0.1) is 5.82 Å². The molecule has 1 aromatic rings. The number of rotatable bonds is 4. The summed E-state index contributed by atoms with van der Waals surface area (Å²) >= 11 is 0. The van der Waals surface area contributed by atoms with Gasteiger partial charge in [0.2, 0.25) is 5.91 Å². The lowest BCUT2D eigenvalue weighted by molar-refractivity contribution is -0.117. The summed E-state index contributed by atoms with van der Waals surface area (Å²) in [6.45, 7) is 5.58. The number of likely N-dealkylation sites (N-methyl/N-ethyl adjacent to an activating group) is 2. The predicted octanol–water partition coefficient (Wildman–Crippen LogP) is 2.06. The van der Waals surface area contributed by atoms with Crippen molar-refractivity contribution in [3.05, 3.63) is 29.1 Å². The number of halogens is 1. The molecule has 0 aromatic heterocycles. The molecule has 1 amide bonds.